The molecule has 0 saturated heterocycles. The molecular formula is C4H11NO2. The summed E-state index contributed by atoms with van der Waals surface area (Å²) in [7, 11) is 1.62. The van der Waals surface area contributed by atoms with Crippen LogP contribution < -0.4 is 5.32 Å². The molecule has 0 bridgehead atoms. The zero-order valence-electron chi connectivity index (χ0n) is 4.48. The number of nitrogens with one attached hydrogen (secondary N) is 1. The van der Waals surface area contributed by atoms with E-state index in [-0.39, 0.29) is 6.73 Å². The van der Waals surface area contributed by atoms with E-state index in [1.807, 2.05) is 0 Å². The van der Waals surface area contributed by atoms with Crippen LogP contribution in [0.25, 0.3) is 0 Å². The fourth-order valence-electron chi connectivity index (χ4n) is 0.253. The van der Waals surface area contributed by atoms with Crippen LogP contribution in [0.1, 0.15) is 0 Å². The Balaban J connectivity index is 2.45. The molecule has 3 nitrogen and oxygen atoms in total. The number of aliphatic hydroxyl groups is 1. The zero-order valence-corrected chi connectivity index (χ0v) is 4.48. The van der Waals surface area contributed by atoms with Crippen LogP contribution in [0.3, 0.4) is 0 Å². The minimum Gasteiger partial charge on any atom is -0.383 e. The van der Waals surface area contributed by atoms with Gasteiger partial charge >= 0.3 is 0 Å². The van der Waals surface area contributed by atoms with E-state index in [9.17, 15) is 0 Å². The van der Waals surface area contributed by atoms with Crippen LogP contribution in [-0.4, -0.2) is 32.1 Å². The third kappa shape index (κ3) is 5.88. The Morgan fingerprint density at radius 1 is 1.71 bits per heavy atom. The summed E-state index contributed by atoms with van der Waals surface area (Å²) in [4.78, 5) is 0. The van der Waals surface area contributed by atoms with Gasteiger partial charge in [0.25, 0.3) is 0 Å². The highest BCUT2D eigenvalue weighted by atomic mass is 16.5. The molecule has 3 heteroatoms. The molecule has 0 atom stereocenters. The summed E-state index contributed by atoms with van der Waals surface area (Å²) in [6, 6.07) is 0. The van der Waals surface area contributed by atoms with Crippen LogP contribution in [0.4, 0.5) is 0 Å². The summed E-state index contributed by atoms with van der Waals surface area (Å²) >= 11 is 0. The highest BCUT2D eigenvalue weighted by molar-refractivity contribution is 4.33. The molecule has 0 rings (SSSR count). The molecule has 0 aromatic heterocycles. The van der Waals surface area contributed by atoms with Gasteiger partial charge in [0.05, 0.1) is 13.3 Å². The standard InChI is InChI=1S/C4H11NO2/c1-7-3-2-5-4-6/h5-6H,2-4H2,1H3. The smallest absolute Gasteiger partial charge is 0.0932 e. The van der Waals surface area contributed by atoms with Crippen molar-refractivity contribution in [3.8, 4) is 0 Å². The summed E-state index contributed by atoms with van der Waals surface area (Å²) in [5.74, 6) is 0. The number of hydrogen-bond acceptors (Lipinski definition) is 3. The number of hydrogen-bond donors (Lipinski definition) is 2. The predicted octanol–water partition coefficient (Wildman–Crippen LogP) is -0.828. The molecule has 0 aliphatic carbocycles. The van der Waals surface area contributed by atoms with Crippen LogP contribution >= 0.6 is 0 Å². The molecule has 0 radical (unpaired) electrons. The van der Waals surface area contributed by atoms with E-state index in [0.717, 1.165) is 0 Å². The first kappa shape index (κ1) is 6.88. The van der Waals surface area contributed by atoms with Gasteiger partial charge in [0.2, 0.25) is 0 Å². The summed E-state index contributed by atoms with van der Waals surface area (Å²) in [6.45, 7) is 1.40. The van der Waals surface area contributed by atoms with Crippen LogP contribution in [0.5, 0.6) is 0 Å². The van der Waals surface area contributed by atoms with Gasteiger partial charge in [-0.3, -0.25) is 5.32 Å². The molecule has 7 heavy (non-hydrogen) atoms. The summed E-state index contributed by atoms with van der Waals surface area (Å²) in [6.07, 6.45) is 0. The normalized spacial score (nSPS) is 9.43. The molecule has 0 spiro atoms. The first-order valence-corrected chi connectivity index (χ1v) is 2.22. The molecule has 0 heterocycles. The topological polar surface area (TPSA) is 41.5 Å². The van der Waals surface area contributed by atoms with Crippen molar-refractivity contribution in [2.45, 2.75) is 0 Å². The molecule has 0 aliphatic heterocycles. The number of ether oxygens (including phenoxy) is 1. The lowest BCUT2D eigenvalue weighted by molar-refractivity contribution is 0.181. The molecule has 0 fully saturated rings. The van der Waals surface area contributed by atoms with Crippen LogP contribution in [-0.2, 0) is 4.74 Å². The first-order chi connectivity index (χ1) is 3.41. The number of rotatable bonds is 4. The Labute approximate surface area is 43.3 Å². The highest BCUT2D eigenvalue weighted by Gasteiger charge is 1.77. The molecule has 0 unspecified atom stereocenters. The predicted molar refractivity (Wildman–Crippen MR) is 27.0 cm³/mol. The molecule has 0 amide bonds. The van der Waals surface area contributed by atoms with Crippen LogP contribution in [0.2, 0.25) is 0 Å². The Morgan fingerprint density at radius 3 is 2.86 bits per heavy atom. The quantitative estimate of drug-likeness (QED) is 0.362. The van der Waals surface area contributed by atoms with Crippen molar-refractivity contribution in [1.29, 1.82) is 0 Å². The van der Waals surface area contributed by atoms with Crippen molar-refractivity contribution in [3.05, 3.63) is 0 Å². The zero-order chi connectivity index (χ0) is 5.54. The van der Waals surface area contributed by atoms with Gasteiger partial charge in [-0.25, -0.2) is 0 Å². The largest absolute Gasteiger partial charge is 0.383 e. The van der Waals surface area contributed by atoms with E-state index < -0.39 is 0 Å². The van der Waals surface area contributed by atoms with E-state index in [0.29, 0.717) is 13.2 Å². The van der Waals surface area contributed by atoms with Crippen molar-refractivity contribution in [1.82, 2.24) is 5.32 Å². The highest BCUT2D eigenvalue weighted by Crippen LogP contribution is 1.59. The third-order valence-electron chi connectivity index (χ3n) is 0.595. The van der Waals surface area contributed by atoms with Crippen LogP contribution in [0, 0.1) is 0 Å². The minimum atomic E-state index is 0.0311. The number of aliphatic hydroxyl groups excluding tert-OH is 1. The average Bonchev–Trinajstić information content (AvgIpc) is 1.69. The lowest BCUT2D eigenvalue weighted by Crippen LogP contribution is -2.19. The Bertz CT molecular complexity index is 28.9. The number of methoxy groups -OCH3 is 1. The van der Waals surface area contributed by atoms with E-state index in [2.05, 4.69) is 10.1 Å². The van der Waals surface area contributed by atoms with E-state index >= 15 is 0 Å². The van der Waals surface area contributed by atoms with Crippen LogP contribution in [0.15, 0.2) is 0 Å². The van der Waals surface area contributed by atoms with Crippen molar-refractivity contribution < 1.29 is 9.84 Å². The lowest BCUT2D eigenvalue weighted by atomic mass is 10.7. The molecule has 44 valence electrons. The minimum absolute atomic E-state index is 0.0311. The SMILES string of the molecule is COCCNCO. The van der Waals surface area contributed by atoms with Gasteiger partial charge in [0, 0.05) is 13.7 Å². The van der Waals surface area contributed by atoms with E-state index in [4.69, 9.17) is 5.11 Å². The van der Waals surface area contributed by atoms with Crippen molar-refractivity contribution in [3.63, 3.8) is 0 Å². The van der Waals surface area contributed by atoms with Gasteiger partial charge in [-0.2, -0.15) is 0 Å². The fourth-order valence-corrected chi connectivity index (χ4v) is 0.253. The van der Waals surface area contributed by atoms with Gasteiger partial charge in [-0.05, 0) is 0 Å². The maximum Gasteiger partial charge on any atom is 0.0932 e. The molecule has 0 aromatic rings. The molecular weight excluding hydrogens is 94.0 g/mol. The summed E-state index contributed by atoms with van der Waals surface area (Å²) < 4.78 is 4.67. The maximum absolute atomic E-state index is 8.13. The molecule has 0 saturated carbocycles. The molecule has 0 aromatic carbocycles. The van der Waals surface area contributed by atoms with E-state index in [1.165, 1.54) is 0 Å². The van der Waals surface area contributed by atoms with E-state index in [1.54, 1.807) is 7.11 Å². The summed E-state index contributed by atoms with van der Waals surface area (Å²) in [5.41, 5.74) is 0. The third-order valence-corrected chi connectivity index (χ3v) is 0.595. The van der Waals surface area contributed by atoms with Crippen molar-refractivity contribution >= 4 is 0 Å². The Hall–Kier alpha value is -0.120. The lowest BCUT2D eigenvalue weighted by Gasteiger charge is -1.95. The maximum atomic E-state index is 8.13. The Morgan fingerprint density at radius 2 is 2.43 bits per heavy atom. The monoisotopic (exact) mass is 105 g/mol. The van der Waals surface area contributed by atoms with Gasteiger partial charge in [-0.15, -0.1) is 0 Å². The van der Waals surface area contributed by atoms with Gasteiger partial charge in [0.1, 0.15) is 0 Å². The second kappa shape index (κ2) is 5.88. The molecule has 0 aliphatic rings. The van der Waals surface area contributed by atoms with Gasteiger partial charge < -0.3 is 9.84 Å². The Kier molecular flexibility index (Phi) is 5.78. The average molecular weight is 105 g/mol. The van der Waals surface area contributed by atoms with Crippen molar-refractivity contribution in [2.24, 2.45) is 0 Å². The van der Waals surface area contributed by atoms with Gasteiger partial charge in [0.15, 0.2) is 0 Å². The second-order valence-corrected chi connectivity index (χ2v) is 1.15. The first-order valence-electron chi connectivity index (χ1n) is 2.22. The van der Waals surface area contributed by atoms with Crippen molar-refractivity contribution in [2.75, 3.05) is 27.0 Å². The van der Waals surface area contributed by atoms with Gasteiger partial charge in [-0.1, -0.05) is 0 Å². The fraction of sp³-hybridized carbons (Fsp3) is 1.00. The molecule has 2 N–H and O–H groups in total. The second-order valence-electron chi connectivity index (χ2n) is 1.15. The summed E-state index contributed by atoms with van der Waals surface area (Å²) in [5, 5.41) is 10.8.